The lowest BCUT2D eigenvalue weighted by Gasteiger charge is -2.05. The van der Waals surface area contributed by atoms with Gasteiger partial charge in [-0.15, -0.1) is 0 Å². The Hall–Kier alpha value is -2.70. The van der Waals surface area contributed by atoms with Gasteiger partial charge in [0.15, 0.2) is 0 Å². The molecule has 2 aromatic rings. The Morgan fingerprint density at radius 1 is 1.33 bits per heavy atom. The number of nitrogens with two attached hydrogens (primary N) is 1. The molecular formula is C11H8FN3O3. The van der Waals surface area contributed by atoms with Crippen LogP contribution in [0, 0.1) is 15.9 Å². The highest BCUT2D eigenvalue weighted by Crippen LogP contribution is 2.30. The van der Waals surface area contributed by atoms with Gasteiger partial charge < -0.3 is 10.5 Å². The van der Waals surface area contributed by atoms with Gasteiger partial charge in [0.2, 0.25) is 0 Å². The number of halogens is 1. The van der Waals surface area contributed by atoms with E-state index < -0.39 is 10.7 Å². The molecule has 0 aliphatic carbocycles. The van der Waals surface area contributed by atoms with Crippen LogP contribution in [-0.2, 0) is 0 Å². The number of benzene rings is 1. The zero-order valence-electron chi connectivity index (χ0n) is 9.04. The summed E-state index contributed by atoms with van der Waals surface area (Å²) in [5.74, 6) is -0.604. The summed E-state index contributed by atoms with van der Waals surface area (Å²) in [6.07, 6.45) is 0. The summed E-state index contributed by atoms with van der Waals surface area (Å²) < 4.78 is 18.1. The van der Waals surface area contributed by atoms with Gasteiger partial charge in [-0.05, 0) is 18.2 Å². The van der Waals surface area contributed by atoms with E-state index in [1.165, 1.54) is 30.3 Å². The lowest BCUT2D eigenvalue weighted by atomic mass is 10.3. The first kappa shape index (κ1) is 11.8. The Morgan fingerprint density at radius 3 is 2.78 bits per heavy atom. The fourth-order valence-corrected chi connectivity index (χ4v) is 1.30. The molecule has 7 heteroatoms. The molecule has 0 aliphatic heterocycles. The average molecular weight is 249 g/mol. The number of pyridine rings is 1. The molecule has 0 fully saturated rings. The molecule has 0 amide bonds. The first-order chi connectivity index (χ1) is 8.56. The maximum Gasteiger partial charge on any atom is 0.331 e. The molecular weight excluding hydrogens is 241 g/mol. The molecule has 1 heterocycles. The van der Waals surface area contributed by atoms with Crippen LogP contribution in [0.4, 0.5) is 15.9 Å². The molecule has 1 aromatic carbocycles. The molecule has 1 aromatic heterocycles. The summed E-state index contributed by atoms with van der Waals surface area (Å²) in [5, 5.41) is 10.8. The minimum Gasteiger partial charge on any atom is -0.434 e. The van der Waals surface area contributed by atoms with Crippen molar-refractivity contribution in [2.24, 2.45) is 0 Å². The molecule has 6 nitrogen and oxygen atoms in total. The topological polar surface area (TPSA) is 91.3 Å². The van der Waals surface area contributed by atoms with Gasteiger partial charge in [-0.3, -0.25) is 10.1 Å². The van der Waals surface area contributed by atoms with Gasteiger partial charge >= 0.3 is 11.6 Å². The number of nitrogens with zero attached hydrogens (tertiary/aromatic N) is 2. The molecule has 0 saturated heterocycles. The highest BCUT2D eigenvalue weighted by Gasteiger charge is 2.17. The minimum atomic E-state index is -0.652. The van der Waals surface area contributed by atoms with E-state index in [2.05, 4.69) is 4.98 Å². The predicted octanol–water partition coefficient (Wildman–Crippen LogP) is 2.50. The Kier molecular flexibility index (Phi) is 3.05. The second-order valence-corrected chi connectivity index (χ2v) is 3.38. The Balaban J connectivity index is 2.39. The quantitative estimate of drug-likeness (QED) is 0.666. The Labute approximate surface area is 101 Å². The number of nitrogen functional groups attached to an aromatic ring is 1. The summed E-state index contributed by atoms with van der Waals surface area (Å²) in [7, 11) is 0. The highest BCUT2D eigenvalue weighted by atomic mass is 19.1. The number of ether oxygens (including phenoxy) is 1. The van der Waals surface area contributed by atoms with E-state index in [9.17, 15) is 14.5 Å². The van der Waals surface area contributed by atoms with Crippen molar-refractivity contribution in [2.75, 3.05) is 5.73 Å². The second-order valence-electron chi connectivity index (χ2n) is 3.38. The van der Waals surface area contributed by atoms with Crippen LogP contribution in [0.25, 0.3) is 0 Å². The van der Waals surface area contributed by atoms with Crippen molar-refractivity contribution < 1.29 is 14.1 Å². The molecule has 0 atom stereocenters. The third kappa shape index (κ3) is 2.51. The van der Waals surface area contributed by atoms with Crippen molar-refractivity contribution in [2.45, 2.75) is 0 Å². The van der Waals surface area contributed by atoms with Gasteiger partial charge in [-0.1, -0.05) is 6.07 Å². The van der Waals surface area contributed by atoms with Gasteiger partial charge in [0.25, 0.3) is 0 Å². The normalized spacial score (nSPS) is 10.1. The van der Waals surface area contributed by atoms with Crippen molar-refractivity contribution in [1.82, 2.24) is 4.98 Å². The van der Waals surface area contributed by atoms with Crippen molar-refractivity contribution in [1.29, 1.82) is 0 Å². The summed E-state index contributed by atoms with van der Waals surface area (Å²) in [4.78, 5) is 13.8. The van der Waals surface area contributed by atoms with Crippen LogP contribution in [0.2, 0.25) is 0 Å². The van der Waals surface area contributed by atoms with Crippen LogP contribution in [0.15, 0.2) is 36.4 Å². The number of rotatable bonds is 3. The zero-order chi connectivity index (χ0) is 13.1. The van der Waals surface area contributed by atoms with Gasteiger partial charge in [-0.25, -0.2) is 4.39 Å². The van der Waals surface area contributed by atoms with Crippen LogP contribution in [0.5, 0.6) is 11.6 Å². The number of hydrogen-bond donors (Lipinski definition) is 1. The van der Waals surface area contributed by atoms with E-state index in [0.717, 1.165) is 6.07 Å². The summed E-state index contributed by atoms with van der Waals surface area (Å²) in [6.45, 7) is 0. The first-order valence-corrected chi connectivity index (χ1v) is 4.90. The number of hydrogen-bond acceptors (Lipinski definition) is 5. The van der Waals surface area contributed by atoms with Crippen LogP contribution in [0.3, 0.4) is 0 Å². The third-order valence-electron chi connectivity index (χ3n) is 2.07. The van der Waals surface area contributed by atoms with Gasteiger partial charge in [0.1, 0.15) is 17.4 Å². The van der Waals surface area contributed by atoms with Gasteiger partial charge in [0.05, 0.1) is 4.92 Å². The fourth-order valence-electron chi connectivity index (χ4n) is 1.30. The zero-order valence-corrected chi connectivity index (χ0v) is 9.04. The number of aromatic nitrogens is 1. The molecule has 18 heavy (non-hydrogen) atoms. The van der Waals surface area contributed by atoms with Gasteiger partial charge in [-0.2, -0.15) is 4.98 Å². The number of nitro groups is 1. The van der Waals surface area contributed by atoms with Crippen LogP contribution in [0.1, 0.15) is 0 Å². The molecule has 0 bridgehead atoms. The molecule has 0 aliphatic rings. The largest absolute Gasteiger partial charge is 0.434 e. The van der Waals surface area contributed by atoms with Crippen molar-refractivity contribution in [3.05, 3.63) is 52.3 Å². The van der Waals surface area contributed by atoms with E-state index >= 15 is 0 Å². The number of anilines is 1. The lowest BCUT2D eigenvalue weighted by molar-refractivity contribution is -0.386. The standard InChI is InChI=1S/C11H8FN3O3/c12-7-2-1-3-8(6-7)18-11-9(15(16)17)4-5-10(13)14-11/h1-6H,(H2,13,14). The lowest BCUT2D eigenvalue weighted by Crippen LogP contribution is -1.99. The Bertz CT molecular complexity index is 604. The summed E-state index contributed by atoms with van der Waals surface area (Å²) >= 11 is 0. The third-order valence-corrected chi connectivity index (χ3v) is 2.07. The van der Waals surface area contributed by atoms with Crippen molar-refractivity contribution in [3.8, 4) is 11.6 Å². The van der Waals surface area contributed by atoms with E-state index in [1.807, 2.05) is 0 Å². The average Bonchev–Trinajstić information content (AvgIpc) is 2.28. The maximum absolute atomic E-state index is 12.9. The molecule has 92 valence electrons. The highest BCUT2D eigenvalue weighted by molar-refractivity contribution is 5.48. The van der Waals surface area contributed by atoms with E-state index in [1.54, 1.807) is 0 Å². The summed E-state index contributed by atoms with van der Waals surface area (Å²) in [6, 6.07) is 7.66. The molecule has 0 saturated carbocycles. The van der Waals surface area contributed by atoms with Crippen LogP contribution < -0.4 is 10.5 Å². The Morgan fingerprint density at radius 2 is 2.11 bits per heavy atom. The van der Waals surface area contributed by atoms with Crippen LogP contribution >= 0.6 is 0 Å². The van der Waals surface area contributed by atoms with E-state index in [0.29, 0.717) is 0 Å². The summed E-state index contributed by atoms with van der Waals surface area (Å²) in [5.41, 5.74) is 5.08. The monoisotopic (exact) mass is 249 g/mol. The predicted molar refractivity (Wildman–Crippen MR) is 61.8 cm³/mol. The molecule has 2 rings (SSSR count). The first-order valence-electron chi connectivity index (χ1n) is 4.90. The van der Waals surface area contributed by atoms with Crippen molar-refractivity contribution >= 4 is 11.5 Å². The second kappa shape index (κ2) is 4.66. The van der Waals surface area contributed by atoms with Gasteiger partial charge in [0, 0.05) is 12.1 Å². The van der Waals surface area contributed by atoms with E-state index in [-0.39, 0.29) is 23.1 Å². The minimum absolute atomic E-state index is 0.0759. The smallest absolute Gasteiger partial charge is 0.331 e. The molecule has 0 radical (unpaired) electrons. The SMILES string of the molecule is Nc1ccc([N+](=O)[O-])c(Oc2cccc(F)c2)n1. The maximum atomic E-state index is 12.9. The van der Waals surface area contributed by atoms with Crippen LogP contribution in [-0.4, -0.2) is 9.91 Å². The van der Waals surface area contributed by atoms with Crippen molar-refractivity contribution in [3.63, 3.8) is 0 Å². The van der Waals surface area contributed by atoms with E-state index in [4.69, 9.17) is 10.5 Å². The molecule has 2 N–H and O–H groups in total. The molecule has 0 spiro atoms. The fraction of sp³-hybridized carbons (Fsp3) is 0. The molecule has 0 unspecified atom stereocenters.